The van der Waals surface area contributed by atoms with Gasteiger partial charge >= 0.3 is 0 Å². The van der Waals surface area contributed by atoms with E-state index in [1.54, 1.807) is 36.4 Å². The Bertz CT molecular complexity index is 625. The SMILES string of the molecule is O=C(c1ccccc1)c1ccc(OCCOCCCO)cc1O. The van der Waals surface area contributed by atoms with Crippen LogP contribution in [0.5, 0.6) is 11.5 Å². The predicted octanol–water partition coefficient (Wildman–Crippen LogP) is 2.40. The molecule has 23 heavy (non-hydrogen) atoms. The largest absolute Gasteiger partial charge is 0.507 e. The van der Waals surface area contributed by atoms with Crippen LogP contribution < -0.4 is 4.74 Å². The molecule has 2 rings (SSSR count). The number of benzene rings is 2. The van der Waals surface area contributed by atoms with Gasteiger partial charge in [0.05, 0.1) is 12.2 Å². The molecule has 0 fully saturated rings. The number of ketones is 1. The van der Waals surface area contributed by atoms with Crippen molar-refractivity contribution in [2.24, 2.45) is 0 Å². The molecule has 0 heterocycles. The van der Waals surface area contributed by atoms with Crippen LogP contribution in [-0.2, 0) is 4.74 Å². The van der Waals surface area contributed by atoms with Gasteiger partial charge in [-0.3, -0.25) is 4.79 Å². The Labute approximate surface area is 135 Å². The number of aromatic hydroxyl groups is 1. The number of phenols is 1. The molecule has 0 atom stereocenters. The van der Waals surface area contributed by atoms with Crippen LogP contribution in [0.4, 0.5) is 0 Å². The minimum absolute atomic E-state index is 0.103. The van der Waals surface area contributed by atoms with Crippen LogP contribution in [0.2, 0.25) is 0 Å². The summed E-state index contributed by atoms with van der Waals surface area (Å²) < 4.78 is 10.7. The van der Waals surface area contributed by atoms with E-state index in [-0.39, 0.29) is 23.7 Å². The highest BCUT2D eigenvalue weighted by Gasteiger charge is 2.13. The summed E-state index contributed by atoms with van der Waals surface area (Å²) in [5.41, 5.74) is 0.761. The topological polar surface area (TPSA) is 76.0 Å². The average Bonchev–Trinajstić information content (AvgIpc) is 2.58. The van der Waals surface area contributed by atoms with Gasteiger partial charge in [0.1, 0.15) is 18.1 Å². The maximum atomic E-state index is 12.3. The molecule has 0 aromatic heterocycles. The zero-order valence-corrected chi connectivity index (χ0v) is 12.8. The first-order valence-corrected chi connectivity index (χ1v) is 7.46. The summed E-state index contributed by atoms with van der Waals surface area (Å²) in [5.74, 6) is 0.123. The number of aliphatic hydroxyl groups is 1. The number of carbonyl (C=O) groups is 1. The van der Waals surface area contributed by atoms with Crippen molar-refractivity contribution in [1.82, 2.24) is 0 Å². The molecule has 122 valence electrons. The van der Waals surface area contributed by atoms with Crippen molar-refractivity contribution in [2.75, 3.05) is 26.4 Å². The standard InChI is InChI=1S/C18H20O5/c19-9-4-10-22-11-12-23-15-7-8-16(17(20)13-15)18(21)14-5-2-1-3-6-14/h1-3,5-8,13,19-20H,4,9-12H2. The van der Waals surface area contributed by atoms with Gasteiger partial charge < -0.3 is 19.7 Å². The van der Waals surface area contributed by atoms with Gasteiger partial charge in [-0.05, 0) is 18.6 Å². The first kappa shape index (κ1) is 17.0. The zero-order valence-electron chi connectivity index (χ0n) is 12.8. The summed E-state index contributed by atoms with van der Waals surface area (Å²) in [6, 6.07) is 13.4. The van der Waals surface area contributed by atoms with Gasteiger partial charge in [-0.25, -0.2) is 0 Å². The Morgan fingerprint density at radius 1 is 1.00 bits per heavy atom. The van der Waals surface area contributed by atoms with Crippen LogP contribution >= 0.6 is 0 Å². The molecule has 0 aliphatic rings. The van der Waals surface area contributed by atoms with Crippen molar-refractivity contribution in [2.45, 2.75) is 6.42 Å². The van der Waals surface area contributed by atoms with Gasteiger partial charge in [-0.15, -0.1) is 0 Å². The zero-order chi connectivity index (χ0) is 16.5. The molecule has 0 saturated heterocycles. The maximum Gasteiger partial charge on any atom is 0.196 e. The van der Waals surface area contributed by atoms with Gasteiger partial charge in [0.15, 0.2) is 5.78 Å². The van der Waals surface area contributed by atoms with Crippen LogP contribution in [0.3, 0.4) is 0 Å². The van der Waals surface area contributed by atoms with Crippen LogP contribution in [0.15, 0.2) is 48.5 Å². The monoisotopic (exact) mass is 316 g/mol. The van der Waals surface area contributed by atoms with E-state index in [9.17, 15) is 9.90 Å². The second-order valence-electron chi connectivity index (χ2n) is 4.91. The third kappa shape index (κ3) is 5.09. The second-order valence-corrected chi connectivity index (χ2v) is 4.91. The van der Waals surface area contributed by atoms with E-state index in [0.29, 0.717) is 37.6 Å². The Morgan fingerprint density at radius 2 is 1.78 bits per heavy atom. The Hall–Kier alpha value is -2.37. The molecule has 5 heteroatoms. The van der Waals surface area contributed by atoms with Crippen LogP contribution in [0, 0.1) is 0 Å². The summed E-state index contributed by atoms with van der Waals surface area (Å²) in [5, 5.41) is 18.7. The van der Waals surface area contributed by atoms with Crippen molar-refractivity contribution in [3.05, 3.63) is 59.7 Å². The minimum atomic E-state index is -0.234. The smallest absolute Gasteiger partial charge is 0.196 e. The van der Waals surface area contributed by atoms with Crippen molar-refractivity contribution in [3.63, 3.8) is 0 Å². The lowest BCUT2D eigenvalue weighted by Crippen LogP contribution is -2.08. The Morgan fingerprint density at radius 3 is 2.48 bits per heavy atom. The normalized spacial score (nSPS) is 10.5. The Kier molecular flexibility index (Phi) is 6.59. The summed E-state index contributed by atoms with van der Waals surface area (Å²) in [6.45, 7) is 1.31. The minimum Gasteiger partial charge on any atom is -0.507 e. The highest BCUT2D eigenvalue weighted by Crippen LogP contribution is 2.25. The molecule has 0 spiro atoms. The van der Waals surface area contributed by atoms with E-state index in [1.165, 1.54) is 6.07 Å². The number of phenolic OH excluding ortho intramolecular Hbond substituents is 1. The maximum absolute atomic E-state index is 12.3. The molecule has 2 aromatic rings. The quantitative estimate of drug-likeness (QED) is 0.549. The first-order valence-electron chi connectivity index (χ1n) is 7.46. The van der Waals surface area contributed by atoms with Gasteiger partial charge in [-0.2, -0.15) is 0 Å². The van der Waals surface area contributed by atoms with E-state index >= 15 is 0 Å². The highest BCUT2D eigenvalue weighted by atomic mass is 16.5. The van der Waals surface area contributed by atoms with E-state index in [4.69, 9.17) is 14.6 Å². The number of aliphatic hydroxyl groups excluding tert-OH is 1. The van der Waals surface area contributed by atoms with Gasteiger partial charge in [0.25, 0.3) is 0 Å². The number of hydrogen-bond acceptors (Lipinski definition) is 5. The molecule has 0 amide bonds. The Balaban J connectivity index is 1.92. The van der Waals surface area contributed by atoms with Gasteiger partial charge in [0, 0.05) is 24.8 Å². The molecule has 0 aliphatic heterocycles. The fraction of sp³-hybridized carbons (Fsp3) is 0.278. The molecule has 0 unspecified atom stereocenters. The predicted molar refractivity (Wildman–Crippen MR) is 86.0 cm³/mol. The fourth-order valence-electron chi connectivity index (χ4n) is 2.03. The number of ether oxygens (including phenoxy) is 2. The molecule has 0 radical (unpaired) electrons. The summed E-state index contributed by atoms with van der Waals surface area (Å²) >= 11 is 0. The van der Waals surface area contributed by atoms with Crippen molar-refractivity contribution in [1.29, 1.82) is 0 Å². The molecule has 2 aromatic carbocycles. The van der Waals surface area contributed by atoms with Crippen LogP contribution in [0.1, 0.15) is 22.3 Å². The molecule has 2 N–H and O–H groups in total. The molecule has 0 bridgehead atoms. The van der Waals surface area contributed by atoms with E-state index < -0.39 is 0 Å². The number of rotatable bonds is 9. The van der Waals surface area contributed by atoms with Crippen molar-refractivity contribution in [3.8, 4) is 11.5 Å². The fourth-order valence-corrected chi connectivity index (χ4v) is 2.03. The van der Waals surface area contributed by atoms with Crippen LogP contribution in [0.25, 0.3) is 0 Å². The summed E-state index contributed by atoms with van der Waals surface area (Å²) in [4.78, 5) is 12.3. The van der Waals surface area contributed by atoms with Crippen molar-refractivity contribution >= 4 is 5.78 Å². The third-order valence-electron chi connectivity index (χ3n) is 3.19. The molecule has 0 aliphatic carbocycles. The number of carbonyl (C=O) groups excluding carboxylic acids is 1. The lowest BCUT2D eigenvalue weighted by Gasteiger charge is -2.09. The molecule has 5 nitrogen and oxygen atoms in total. The van der Waals surface area contributed by atoms with Crippen molar-refractivity contribution < 1.29 is 24.5 Å². The van der Waals surface area contributed by atoms with Gasteiger partial charge in [-0.1, -0.05) is 30.3 Å². The lowest BCUT2D eigenvalue weighted by molar-refractivity contribution is 0.0882. The molecular weight excluding hydrogens is 296 g/mol. The number of hydrogen-bond donors (Lipinski definition) is 2. The molecule has 0 saturated carbocycles. The van der Waals surface area contributed by atoms with E-state index in [1.807, 2.05) is 6.07 Å². The summed E-state index contributed by atoms with van der Waals surface area (Å²) in [7, 11) is 0. The first-order chi connectivity index (χ1) is 11.2. The van der Waals surface area contributed by atoms with Crippen LogP contribution in [-0.4, -0.2) is 42.4 Å². The summed E-state index contributed by atoms with van der Waals surface area (Å²) in [6.07, 6.45) is 0.594. The average molecular weight is 316 g/mol. The van der Waals surface area contributed by atoms with Gasteiger partial charge in [0.2, 0.25) is 0 Å². The third-order valence-corrected chi connectivity index (χ3v) is 3.19. The second kappa shape index (κ2) is 8.92. The van der Waals surface area contributed by atoms with E-state index in [2.05, 4.69) is 0 Å². The molecular formula is C18H20O5. The van der Waals surface area contributed by atoms with E-state index in [0.717, 1.165) is 0 Å². The lowest BCUT2D eigenvalue weighted by atomic mass is 10.0. The highest BCUT2D eigenvalue weighted by molar-refractivity contribution is 6.10.